The molecule has 1 aromatic carbocycles. The van der Waals surface area contributed by atoms with E-state index < -0.39 is 5.60 Å². The molecule has 0 spiro atoms. The Morgan fingerprint density at radius 3 is 2.33 bits per heavy atom. The molecule has 3 nitrogen and oxygen atoms in total. The van der Waals surface area contributed by atoms with Crippen molar-refractivity contribution in [2.24, 2.45) is 0 Å². The van der Waals surface area contributed by atoms with Crippen molar-refractivity contribution in [1.29, 1.82) is 0 Å². The van der Waals surface area contributed by atoms with E-state index in [1.807, 2.05) is 24.3 Å². The van der Waals surface area contributed by atoms with Gasteiger partial charge in [-0.05, 0) is 60.7 Å². The molecule has 0 aliphatic carbocycles. The molecule has 0 heterocycles. The molecule has 0 radical (unpaired) electrons. The lowest BCUT2D eigenvalue weighted by atomic mass is 10.1. The second-order valence-electron chi connectivity index (χ2n) is 3.65. The summed E-state index contributed by atoms with van der Waals surface area (Å²) in [4.78, 5) is 11.5. The first kappa shape index (κ1) is 12.3. The Kier molecular flexibility index (Phi) is 3.96. The molecule has 0 unspecified atom stereocenters. The summed E-state index contributed by atoms with van der Waals surface area (Å²) >= 11 is 2.22. The number of ether oxygens (including phenoxy) is 1. The second kappa shape index (κ2) is 4.83. The molecule has 15 heavy (non-hydrogen) atoms. The van der Waals surface area contributed by atoms with Crippen LogP contribution in [0.1, 0.15) is 13.8 Å². The standard InChI is InChI=1S/C11H14INO2/c1-11(2,10(14)13-3)15-9-6-4-8(12)5-7-9/h4-7H,1-3H3,(H,13,14). The lowest BCUT2D eigenvalue weighted by Gasteiger charge is -2.24. The average molecular weight is 319 g/mol. The second-order valence-corrected chi connectivity index (χ2v) is 4.89. The van der Waals surface area contributed by atoms with Crippen molar-refractivity contribution >= 4 is 28.5 Å². The quantitative estimate of drug-likeness (QED) is 0.868. The normalized spacial score (nSPS) is 10.9. The fourth-order valence-corrected chi connectivity index (χ4v) is 1.50. The van der Waals surface area contributed by atoms with Gasteiger partial charge in [0, 0.05) is 10.6 Å². The summed E-state index contributed by atoms with van der Waals surface area (Å²) in [6, 6.07) is 7.59. The number of hydrogen-bond acceptors (Lipinski definition) is 2. The third kappa shape index (κ3) is 3.37. The van der Waals surface area contributed by atoms with Crippen molar-refractivity contribution < 1.29 is 9.53 Å². The first-order valence-corrected chi connectivity index (χ1v) is 5.70. The van der Waals surface area contributed by atoms with Crippen molar-refractivity contribution in [3.05, 3.63) is 27.8 Å². The Labute approximate surface area is 103 Å². The Bertz CT molecular complexity index is 346. The fourth-order valence-electron chi connectivity index (χ4n) is 1.14. The van der Waals surface area contributed by atoms with E-state index in [0.29, 0.717) is 5.75 Å². The summed E-state index contributed by atoms with van der Waals surface area (Å²) in [6.45, 7) is 3.48. The van der Waals surface area contributed by atoms with E-state index in [4.69, 9.17) is 4.74 Å². The van der Waals surface area contributed by atoms with E-state index in [-0.39, 0.29) is 5.91 Å². The van der Waals surface area contributed by atoms with Gasteiger partial charge in [-0.15, -0.1) is 0 Å². The van der Waals surface area contributed by atoms with Gasteiger partial charge in [-0.25, -0.2) is 0 Å². The average Bonchev–Trinajstić information content (AvgIpc) is 2.20. The Morgan fingerprint density at radius 1 is 1.33 bits per heavy atom. The van der Waals surface area contributed by atoms with Crippen molar-refractivity contribution in [2.75, 3.05) is 7.05 Å². The molecule has 1 rings (SSSR count). The molecule has 82 valence electrons. The lowest BCUT2D eigenvalue weighted by molar-refractivity contribution is -0.133. The minimum atomic E-state index is -0.846. The third-order valence-electron chi connectivity index (χ3n) is 1.96. The molecule has 1 N–H and O–H groups in total. The van der Waals surface area contributed by atoms with Gasteiger partial charge in [0.15, 0.2) is 5.60 Å². The first-order chi connectivity index (χ1) is 6.95. The van der Waals surface area contributed by atoms with Gasteiger partial charge >= 0.3 is 0 Å². The summed E-state index contributed by atoms with van der Waals surface area (Å²) in [5, 5.41) is 2.57. The van der Waals surface area contributed by atoms with Crippen molar-refractivity contribution in [1.82, 2.24) is 5.32 Å². The number of amides is 1. The number of nitrogens with one attached hydrogen (secondary N) is 1. The number of likely N-dealkylation sites (N-methyl/N-ethyl adjacent to an activating group) is 1. The number of halogens is 1. The SMILES string of the molecule is CNC(=O)C(C)(C)Oc1ccc(I)cc1. The highest BCUT2D eigenvalue weighted by Crippen LogP contribution is 2.19. The molecule has 0 saturated heterocycles. The number of benzene rings is 1. The molecule has 0 fully saturated rings. The topological polar surface area (TPSA) is 38.3 Å². The number of hydrogen-bond donors (Lipinski definition) is 1. The highest BCUT2D eigenvalue weighted by atomic mass is 127. The van der Waals surface area contributed by atoms with Crippen LogP contribution in [-0.2, 0) is 4.79 Å². The predicted molar refractivity (Wildman–Crippen MR) is 67.9 cm³/mol. The Morgan fingerprint density at radius 2 is 1.87 bits per heavy atom. The zero-order valence-electron chi connectivity index (χ0n) is 9.00. The van der Waals surface area contributed by atoms with Crippen LogP contribution in [0, 0.1) is 3.57 Å². The van der Waals surface area contributed by atoms with Gasteiger partial charge in [0.25, 0.3) is 5.91 Å². The summed E-state index contributed by atoms with van der Waals surface area (Å²) in [7, 11) is 1.60. The van der Waals surface area contributed by atoms with Crippen molar-refractivity contribution in [2.45, 2.75) is 19.4 Å². The zero-order valence-corrected chi connectivity index (χ0v) is 11.2. The number of carbonyl (C=O) groups excluding carboxylic acids is 1. The van der Waals surface area contributed by atoms with Gasteiger partial charge in [0.1, 0.15) is 5.75 Å². The Hall–Kier alpha value is -0.780. The number of rotatable bonds is 3. The molecule has 0 aromatic heterocycles. The summed E-state index contributed by atoms with van der Waals surface area (Å²) in [5.41, 5.74) is -0.846. The molecule has 0 bridgehead atoms. The molecular weight excluding hydrogens is 305 g/mol. The maximum atomic E-state index is 11.5. The maximum Gasteiger partial charge on any atom is 0.263 e. The van der Waals surface area contributed by atoms with Crippen LogP contribution in [-0.4, -0.2) is 18.6 Å². The smallest absolute Gasteiger partial charge is 0.263 e. The molecule has 0 saturated carbocycles. The van der Waals surface area contributed by atoms with E-state index in [9.17, 15) is 4.79 Å². The van der Waals surface area contributed by atoms with E-state index in [0.717, 1.165) is 3.57 Å². The predicted octanol–water partition coefficient (Wildman–Crippen LogP) is 2.19. The third-order valence-corrected chi connectivity index (χ3v) is 2.68. The molecule has 0 aliphatic rings. The summed E-state index contributed by atoms with van der Waals surface area (Å²) in [5.74, 6) is 0.560. The van der Waals surface area contributed by atoms with Crippen LogP contribution in [0.5, 0.6) is 5.75 Å². The molecule has 0 aliphatic heterocycles. The molecule has 0 atom stereocenters. The summed E-state index contributed by atoms with van der Waals surface area (Å²) in [6.07, 6.45) is 0. The molecule has 1 amide bonds. The minimum Gasteiger partial charge on any atom is -0.478 e. The Balaban J connectivity index is 2.77. The van der Waals surface area contributed by atoms with Crippen LogP contribution < -0.4 is 10.1 Å². The highest BCUT2D eigenvalue weighted by Gasteiger charge is 2.28. The van der Waals surface area contributed by atoms with Crippen LogP contribution in [0.25, 0.3) is 0 Å². The fraction of sp³-hybridized carbons (Fsp3) is 0.364. The van der Waals surface area contributed by atoms with Gasteiger partial charge in [0.2, 0.25) is 0 Å². The van der Waals surface area contributed by atoms with Crippen LogP contribution in [0.2, 0.25) is 0 Å². The van der Waals surface area contributed by atoms with Gasteiger partial charge < -0.3 is 10.1 Å². The number of carbonyl (C=O) groups is 1. The van der Waals surface area contributed by atoms with Crippen LogP contribution in [0.3, 0.4) is 0 Å². The molecular formula is C11H14INO2. The van der Waals surface area contributed by atoms with Crippen molar-refractivity contribution in [3.8, 4) is 5.75 Å². The maximum absolute atomic E-state index is 11.5. The first-order valence-electron chi connectivity index (χ1n) is 4.62. The minimum absolute atomic E-state index is 0.138. The molecule has 4 heteroatoms. The highest BCUT2D eigenvalue weighted by molar-refractivity contribution is 14.1. The van der Waals surface area contributed by atoms with Crippen LogP contribution in [0.15, 0.2) is 24.3 Å². The van der Waals surface area contributed by atoms with Gasteiger partial charge in [-0.2, -0.15) is 0 Å². The largest absolute Gasteiger partial charge is 0.478 e. The van der Waals surface area contributed by atoms with E-state index in [1.165, 1.54) is 0 Å². The van der Waals surface area contributed by atoms with Gasteiger partial charge in [-0.1, -0.05) is 0 Å². The monoisotopic (exact) mass is 319 g/mol. The van der Waals surface area contributed by atoms with Crippen molar-refractivity contribution in [3.63, 3.8) is 0 Å². The van der Waals surface area contributed by atoms with Gasteiger partial charge in [0.05, 0.1) is 0 Å². The summed E-state index contributed by atoms with van der Waals surface area (Å²) < 4.78 is 6.73. The van der Waals surface area contributed by atoms with Crippen LogP contribution in [0.4, 0.5) is 0 Å². The molecule has 1 aromatic rings. The van der Waals surface area contributed by atoms with E-state index in [1.54, 1.807) is 20.9 Å². The zero-order chi connectivity index (χ0) is 11.5. The van der Waals surface area contributed by atoms with E-state index >= 15 is 0 Å². The lowest BCUT2D eigenvalue weighted by Crippen LogP contribution is -2.45. The van der Waals surface area contributed by atoms with E-state index in [2.05, 4.69) is 27.9 Å². The van der Waals surface area contributed by atoms with Crippen LogP contribution >= 0.6 is 22.6 Å². The van der Waals surface area contributed by atoms with Gasteiger partial charge in [-0.3, -0.25) is 4.79 Å².